The lowest BCUT2D eigenvalue weighted by molar-refractivity contribution is -0.150. The van der Waals surface area contributed by atoms with Crippen LogP contribution in [0.1, 0.15) is 64.6 Å². The van der Waals surface area contributed by atoms with Crippen molar-refractivity contribution in [3.63, 3.8) is 0 Å². The number of fused-ring (bicyclic) bond motifs is 1. The lowest BCUT2D eigenvalue weighted by atomic mass is 9.76. The number of hydrogen-bond acceptors (Lipinski definition) is 4. The Morgan fingerprint density at radius 2 is 1.70 bits per heavy atom. The standard InChI is InChI=1S/C17H12F6N2O.C8H13N3/c18-16(19,20)13-7-9(14(24)17(21,22)23)6-11-12(13)8-25(15(11)26)10-4-2-1-3-5-10;1-6-3-7(4-6)8-10-9-5-11(8)2/h1-7,14H,8,24H2;5-7H,3-4H2,1-2H3. The van der Waals surface area contributed by atoms with E-state index in [0.717, 1.165) is 22.7 Å². The van der Waals surface area contributed by atoms with Crippen LogP contribution in [0.2, 0.25) is 0 Å². The van der Waals surface area contributed by atoms with E-state index in [0.29, 0.717) is 17.7 Å². The minimum Gasteiger partial charge on any atom is -0.320 e. The van der Waals surface area contributed by atoms with Gasteiger partial charge in [-0.1, -0.05) is 25.1 Å². The summed E-state index contributed by atoms with van der Waals surface area (Å²) in [6.07, 6.45) is -5.51. The van der Waals surface area contributed by atoms with Gasteiger partial charge in [0.15, 0.2) is 0 Å². The van der Waals surface area contributed by atoms with E-state index in [4.69, 9.17) is 5.73 Å². The summed E-state index contributed by atoms with van der Waals surface area (Å²) in [4.78, 5) is 13.6. The molecule has 3 aromatic rings. The van der Waals surface area contributed by atoms with Gasteiger partial charge in [0.2, 0.25) is 0 Å². The first kappa shape index (κ1) is 26.6. The van der Waals surface area contributed by atoms with Crippen LogP contribution in [0.3, 0.4) is 0 Å². The number of amides is 1. The highest BCUT2D eigenvalue weighted by atomic mass is 19.4. The molecule has 12 heteroatoms. The minimum absolute atomic E-state index is 0.350. The van der Waals surface area contributed by atoms with Gasteiger partial charge in [-0.15, -0.1) is 10.2 Å². The van der Waals surface area contributed by atoms with Gasteiger partial charge in [-0.05, 0) is 54.2 Å². The van der Waals surface area contributed by atoms with Gasteiger partial charge >= 0.3 is 12.4 Å². The summed E-state index contributed by atoms with van der Waals surface area (Å²) < 4.78 is 80.7. The second kappa shape index (κ2) is 9.81. The van der Waals surface area contributed by atoms with Crippen LogP contribution in [-0.2, 0) is 19.8 Å². The minimum atomic E-state index is -4.93. The largest absolute Gasteiger partial charge is 0.416 e. The molecule has 6 nitrogen and oxygen atoms in total. The Bertz CT molecular complexity index is 1260. The Balaban J connectivity index is 0.000000241. The van der Waals surface area contributed by atoms with Gasteiger partial charge in [0, 0.05) is 24.2 Å². The molecule has 37 heavy (non-hydrogen) atoms. The van der Waals surface area contributed by atoms with E-state index in [1.54, 1.807) is 24.5 Å². The molecule has 1 atom stereocenters. The van der Waals surface area contributed by atoms with E-state index in [2.05, 4.69) is 17.1 Å². The molecule has 0 saturated heterocycles. The van der Waals surface area contributed by atoms with Gasteiger partial charge in [0.25, 0.3) is 5.91 Å². The maximum Gasteiger partial charge on any atom is 0.416 e. The Hall–Kier alpha value is -3.41. The van der Waals surface area contributed by atoms with Crippen molar-refractivity contribution < 1.29 is 31.1 Å². The van der Waals surface area contributed by atoms with Crippen molar-refractivity contribution >= 4 is 11.6 Å². The number of alkyl halides is 6. The quantitative estimate of drug-likeness (QED) is 0.442. The number of para-hydroxylation sites is 1. The molecule has 1 aliphatic heterocycles. The number of rotatable bonds is 3. The molecule has 1 saturated carbocycles. The number of aromatic nitrogens is 3. The van der Waals surface area contributed by atoms with E-state index in [-0.39, 0.29) is 12.1 Å². The number of anilines is 1. The van der Waals surface area contributed by atoms with Crippen molar-refractivity contribution in [2.24, 2.45) is 18.7 Å². The lowest BCUT2D eigenvalue weighted by Gasteiger charge is -2.31. The van der Waals surface area contributed by atoms with Crippen molar-refractivity contribution in [2.45, 2.75) is 50.6 Å². The molecular formula is C25H25F6N5O. The van der Waals surface area contributed by atoms with Crippen LogP contribution < -0.4 is 10.6 Å². The van der Waals surface area contributed by atoms with Gasteiger partial charge in [-0.3, -0.25) is 4.79 Å². The van der Waals surface area contributed by atoms with E-state index < -0.39 is 41.0 Å². The summed E-state index contributed by atoms with van der Waals surface area (Å²) in [5.41, 5.74) is 2.55. The first-order valence-corrected chi connectivity index (χ1v) is 11.5. The number of carbonyl (C=O) groups excluding carboxylic acids is 1. The second-order valence-electron chi connectivity index (χ2n) is 9.41. The van der Waals surface area contributed by atoms with Gasteiger partial charge in [-0.2, -0.15) is 26.3 Å². The average molecular weight is 525 g/mol. The van der Waals surface area contributed by atoms with Crippen LogP contribution in [0.5, 0.6) is 0 Å². The zero-order valence-corrected chi connectivity index (χ0v) is 20.0. The van der Waals surface area contributed by atoms with Crippen LogP contribution in [0.4, 0.5) is 32.0 Å². The van der Waals surface area contributed by atoms with Crippen LogP contribution >= 0.6 is 0 Å². The van der Waals surface area contributed by atoms with Gasteiger partial charge < -0.3 is 15.2 Å². The average Bonchev–Trinajstić information content (AvgIpc) is 3.38. The fourth-order valence-electron chi connectivity index (χ4n) is 4.64. The number of nitrogens with zero attached hydrogens (tertiary/aromatic N) is 4. The van der Waals surface area contributed by atoms with E-state index in [1.165, 1.54) is 25.0 Å². The molecule has 5 rings (SSSR count). The molecule has 0 bridgehead atoms. The summed E-state index contributed by atoms with van der Waals surface area (Å²) in [6, 6.07) is 6.47. The SMILES string of the molecule is CC1CC(c2nncn2C)C1.NC(c1cc2c(c(C(F)(F)F)c1)CN(c1ccccc1)C2=O)C(F)(F)F. The smallest absolute Gasteiger partial charge is 0.320 e. The molecule has 1 unspecified atom stereocenters. The normalized spacial score (nSPS) is 20.1. The third-order valence-electron chi connectivity index (χ3n) is 6.63. The number of hydrogen-bond donors (Lipinski definition) is 1. The Labute approximate surface area is 209 Å². The fraction of sp³-hybridized carbons (Fsp3) is 0.400. The number of nitrogens with two attached hydrogens (primary N) is 1. The predicted octanol–water partition coefficient (Wildman–Crippen LogP) is 5.76. The third-order valence-corrected chi connectivity index (χ3v) is 6.63. The maximum atomic E-state index is 13.4. The first-order valence-electron chi connectivity index (χ1n) is 11.5. The highest BCUT2D eigenvalue weighted by Crippen LogP contribution is 2.42. The van der Waals surface area contributed by atoms with Crippen LogP contribution in [0.15, 0.2) is 48.8 Å². The lowest BCUT2D eigenvalue weighted by Crippen LogP contribution is -2.29. The van der Waals surface area contributed by atoms with E-state index in [1.807, 2.05) is 11.6 Å². The van der Waals surface area contributed by atoms with Gasteiger partial charge in [0.05, 0.1) is 12.1 Å². The van der Waals surface area contributed by atoms with Gasteiger partial charge in [0.1, 0.15) is 18.2 Å². The van der Waals surface area contributed by atoms with Crippen molar-refractivity contribution in [1.82, 2.24) is 14.8 Å². The highest BCUT2D eigenvalue weighted by Gasteiger charge is 2.44. The van der Waals surface area contributed by atoms with Crippen molar-refractivity contribution in [1.29, 1.82) is 0 Å². The Morgan fingerprint density at radius 3 is 2.22 bits per heavy atom. The molecule has 1 aliphatic carbocycles. The molecule has 2 aliphatic rings. The van der Waals surface area contributed by atoms with Crippen molar-refractivity contribution in [3.05, 3.63) is 76.9 Å². The number of aryl methyl sites for hydroxylation is 1. The summed E-state index contributed by atoms with van der Waals surface area (Å²) in [6.45, 7) is 1.90. The molecule has 0 spiro atoms. The second-order valence-corrected chi connectivity index (χ2v) is 9.41. The zero-order valence-electron chi connectivity index (χ0n) is 20.0. The molecule has 0 radical (unpaired) electrons. The Kier molecular flexibility index (Phi) is 7.06. The molecule has 2 aromatic carbocycles. The molecule has 1 amide bonds. The van der Waals surface area contributed by atoms with Crippen LogP contribution in [-0.4, -0.2) is 26.8 Å². The molecule has 1 fully saturated rings. The van der Waals surface area contributed by atoms with E-state index in [9.17, 15) is 31.1 Å². The summed E-state index contributed by atoms with van der Waals surface area (Å²) in [5.74, 6) is 1.92. The third kappa shape index (κ3) is 5.48. The molecular weight excluding hydrogens is 500 g/mol. The summed E-state index contributed by atoms with van der Waals surface area (Å²) >= 11 is 0. The topological polar surface area (TPSA) is 77.0 Å². The van der Waals surface area contributed by atoms with Gasteiger partial charge in [-0.25, -0.2) is 0 Å². The molecule has 198 valence electrons. The van der Waals surface area contributed by atoms with Crippen LogP contribution in [0, 0.1) is 5.92 Å². The molecule has 1 aromatic heterocycles. The molecule has 2 heterocycles. The predicted molar refractivity (Wildman–Crippen MR) is 124 cm³/mol. The Morgan fingerprint density at radius 1 is 1.05 bits per heavy atom. The molecule has 2 N–H and O–H groups in total. The summed E-state index contributed by atoms with van der Waals surface area (Å²) in [7, 11) is 2.01. The number of benzene rings is 2. The van der Waals surface area contributed by atoms with Crippen molar-refractivity contribution in [3.8, 4) is 0 Å². The van der Waals surface area contributed by atoms with Crippen LogP contribution in [0.25, 0.3) is 0 Å². The zero-order chi connectivity index (χ0) is 27.1. The summed E-state index contributed by atoms with van der Waals surface area (Å²) in [5, 5.41) is 7.95. The van der Waals surface area contributed by atoms with E-state index >= 15 is 0 Å². The monoisotopic (exact) mass is 525 g/mol. The number of halogens is 6. The first-order chi connectivity index (χ1) is 17.3. The maximum absolute atomic E-state index is 13.4. The van der Waals surface area contributed by atoms with Crippen molar-refractivity contribution in [2.75, 3.05) is 4.90 Å². The highest BCUT2D eigenvalue weighted by molar-refractivity contribution is 6.10. The fourth-order valence-corrected chi connectivity index (χ4v) is 4.64. The number of carbonyl (C=O) groups is 1.